The minimum absolute atomic E-state index is 0.239. The number of rotatable bonds is 0. The van der Waals surface area contributed by atoms with Crippen molar-refractivity contribution in [3.63, 3.8) is 0 Å². The maximum Gasteiger partial charge on any atom is 0.0533 e. The van der Waals surface area contributed by atoms with Gasteiger partial charge in [-0.1, -0.05) is 0 Å². The Morgan fingerprint density at radius 1 is 0.571 bits per heavy atom. The molecule has 0 unspecified atom stereocenters. The van der Waals surface area contributed by atoms with Gasteiger partial charge in [0.25, 0.3) is 0 Å². The van der Waals surface area contributed by atoms with Crippen LogP contribution in [0.5, 0.6) is 0 Å². The van der Waals surface area contributed by atoms with Gasteiger partial charge in [0, 0.05) is 78.5 Å². The number of nitrogens with one attached hydrogen (secondary N) is 6. The summed E-state index contributed by atoms with van der Waals surface area (Å²) < 4.78 is 0. The maximum atomic E-state index is 6.55. The van der Waals surface area contributed by atoms with Gasteiger partial charge in [-0.05, 0) is 5.92 Å². The average molecular weight is 299 g/mol. The first-order valence-electron chi connectivity index (χ1n) is 8.32. The van der Waals surface area contributed by atoms with Crippen LogP contribution in [0.2, 0.25) is 0 Å². The summed E-state index contributed by atoms with van der Waals surface area (Å²) >= 11 is 0. The monoisotopic (exact) mass is 299 g/mol. The van der Waals surface area contributed by atoms with E-state index in [1.54, 1.807) is 0 Å². The molecular weight excluding hydrogens is 266 g/mol. The summed E-state index contributed by atoms with van der Waals surface area (Å²) in [7, 11) is 0. The molecule has 0 saturated carbocycles. The van der Waals surface area contributed by atoms with Gasteiger partial charge in [-0.25, -0.2) is 0 Å². The van der Waals surface area contributed by atoms with Crippen molar-refractivity contribution in [2.24, 2.45) is 11.7 Å². The highest BCUT2D eigenvalue weighted by atomic mass is 15.1. The van der Waals surface area contributed by atoms with Crippen LogP contribution >= 0.6 is 0 Å². The topological polar surface area (TPSA) is 98.2 Å². The zero-order chi connectivity index (χ0) is 14.8. The molecule has 3 rings (SSSR count). The lowest BCUT2D eigenvalue weighted by atomic mass is 10.0. The molecule has 3 aliphatic rings. The first-order valence-corrected chi connectivity index (χ1v) is 8.32. The van der Waals surface area contributed by atoms with Crippen LogP contribution in [0, 0.1) is 5.92 Å². The molecule has 3 saturated heterocycles. The van der Waals surface area contributed by atoms with Crippen LogP contribution in [0.15, 0.2) is 0 Å². The Morgan fingerprint density at radius 3 is 1.29 bits per heavy atom. The van der Waals surface area contributed by atoms with Crippen molar-refractivity contribution in [2.45, 2.75) is 5.54 Å². The largest absolute Gasteiger partial charge is 0.322 e. The van der Waals surface area contributed by atoms with Crippen molar-refractivity contribution < 1.29 is 0 Å². The van der Waals surface area contributed by atoms with E-state index >= 15 is 0 Å². The second-order valence-corrected chi connectivity index (χ2v) is 6.37. The number of nitrogens with two attached hydrogens (primary N) is 1. The van der Waals surface area contributed by atoms with Crippen LogP contribution in [-0.4, -0.2) is 84.1 Å². The van der Waals surface area contributed by atoms with Crippen LogP contribution < -0.4 is 37.6 Å². The van der Waals surface area contributed by atoms with E-state index in [-0.39, 0.29) is 5.54 Å². The Labute approximate surface area is 128 Å². The summed E-state index contributed by atoms with van der Waals surface area (Å²) in [5, 5.41) is 21.1. The Kier molecular flexibility index (Phi) is 7.87. The molecule has 0 atom stereocenters. The normalized spacial score (nSPS) is 35.0. The average Bonchev–Trinajstić information content (AvgIpc) is 2.48. The molecule has 124 valence electrons. The highest BCUT2D eigenvalue weighted by Crippen LogP contribution is 1.97. The van der Waals surface area contributed by atoms with Crippen LogP contribution in [-0.2, 0) is 0 Å². The molecule has 7 nitrogen and oxygen atoms in total. The van der Waals surface area contributed by atoms with Crippen molar-refractivity contribution in [3.05, 3.63) is 0 Å². The quantitative estimate of drug-likeness (QED) is 0.254. The Morgan fingerprint density at radius 2 is 0.905 bits per heavy atom. The predicted octanol–water partition coefficient (Wildman–Crippen LogP) is -3.14. The van der Waals surface area contributed by atoms with Crippen molar-refractivity contribution in [2.75, 3.05) is 78.5 Å². The fourth-order valence-corrected chi connectivity index (χ4v) is 2.86. The zero-order valence-corrected chi connectivity index (χ0v) is 13.1. The van der Waals surface area contributed by atoms with Gasteiger partial charge < -0.3 is 37.6 Å². The molecule has 0 aliphatic carbocycles. The molecule has 21 heavy (non-hydrogen) atoms. The van der Waals surface area contributed by atoms with Crippen molar-refractivity contribution in [1.29, 1.82) is 0 Å². The molecule has 3 aliphatic heterocycles. The lowest BCUT2D eigenvalue weighted by Gasteiger charge is -2.32. The Hall–Kier alpha value is -0.280. The fourth-order valence-electron chi connectivity index (χ4n) is 2.86. The zero-order valence-electron chi connectivity index (χ0n) is 13.1. The molecule has 0 spiro atoms. The molecular formula is C14H33N7. The van der Waals surface area contributed by atoms with Crippen LogP contribution in [0.1, 0.15) is 0 Å². The molecule has 2 bridgehead atoms. The molecule has 8 N–H and O–H groups in total. The van der Waals surface area contributed by atoms with Gasteiger partial charge in [0.15, 0.2) is 0 Å². The number of fused-ring (bicyclic) bond motifs is 15. The summed E-state index contributed by atoms with van der Waals surface area (Å²) in [6.07, 6.45) is 0. The number of hydrogen-bond acceptors (Lipinski definition) is 7. The van der Waals surface area contributed by atoms with E-state index < -0.39 is 0 Å². The fraction of sp³-hybridized carbons (Fsp3) is 1.00. The summed E-state index contributed by atoms with van der Waals surface area (Å²) in [4.78, 5) is 0. The van der Waals surface area contributed by atoms with Gasteiger partial charge in [0.05, 0.1) is 5.54 Å². The standard InChI is InChI=1S/C14H33N7/c15-14-10-19-4-1-16-7-13(8-17-2-5-20-11-14)9-18-3-6-21-12-14/h13,16-21H,1-12,15H2. The smallest absolute Gasteiger partial charge is 0.0533 e. The Balaban J connectivity index is 1.96. The van der Waals surface area contributed by atoms with Crippen molar-refractivity contribution in [3.8, 4) is 0 Å². The first kappa shape index (κ1) is 17.1. The molecule has 3 fully saturated rings. The second-order valence-electron chi connectivity index (χ2n) is 6.37. The highest BCUT2D eigenvalue weighted by Gasteiger charge is 2.24. The lowest BCUT2D eigenvalue weighted by Crippen LogP contribution is -2.62. The molecule has 0 radical (unpaired) electrons. The first-order chi connectivity index (χ1) is 10.3. The molecule has 3 heterocycles. The van der Waals surface area contributed by atoms with E-state index in [4.69, 9.17) is 5.73 Å². The van der Waals surface area contributed by atoms with Gasteiger partial charge >= 0.3 is 0 Å². The van der Waals surface area contributed by atoms with E-state index in [9.17, 15) is 0 Å². The van der Waals surface area contributed by atoms with Gasteiger partial charge in [0.2, 0.25) is 0 Å². The van der Waals surface area contributed by atoms with Crippen molar-refractivity contribution >= 4 is 0 Å². The van der Waals surface area contributed by atoms with Gasteiger partial charge in [-0.15, -0.1) is 0 Å². The van der Waals surface area contributed by atoms with Gasteiger partial charge in [0.1, 0.15) is 0 Å². The van der Waals surface area contributed by atoms with Gasteiger partial charge in [-0.2, -0.15) is 0 Å². The number of hydrogen-bond donors (Lipinski definition) is 7. The van der Waals surface area contributed by atoms with E-state index in [1.807, 2.05) is 0 Å². The molecule has 0 aromatic carbocycles. The molecule has 0 amide bonds. The van der Waals surface area contributed by atoms with Crippen LogP contribution in [0.4, 0.5) is 0 Å². The Bertz CT molecular complexity index is 233. The van der Waals surface area contributed by atoms with E-state index in [2.05, 4.69) is 31.9 Å². The predicted molar refractivity (Wildman–Crippen MR) is 87.6 cm³/mol. The molecule has 7 heteroatoms. The summed E-state index contributed by atoms with van der Waals surface area (Å²) in [5.74, 6) is 0.629. The van der Waals surface area contributed by atoms with E-state index in [0.29, 0.717) is 5.92 Å². The minimum Gasteiger partial charge on any atom is -0.322 e. The lowest BCUT2D eigenvalue weighted by molar-refractivity contribution is 0.334. The van der Waals surface area contributed by atoms with E-state index in [0.717, 1.165) is 78.5 Å². The van der Waals surface area contributed by atoms with Crippen LogP contribution in [0.3, 0.4) is 0 Å². The summed E-state index contributed by atoms with van der Waals surface area (Å²) in [5.41, 5.74) is 6.31. The second kappa shape index (κ2) is 9.68. The third-order valence-corrected chi connectivity index (χ3v) is 4.17. The molecule has 0 aromatic rings. The van der Waals surface area contributed by atoms with E-state index in [1.165, 1.54) is 0 Å². The van der Waals surface area contributed by atoms with Crippen LogP contribution in [0.25, 0.3) is 0 Å². The summed E-state index contributed by atoms with van der Waals surface area (Å²) in [6, 6.07) is 0. The molecule has 0 aromatic heterocycles. The SMILES string of the molecule is NC12CNCCNCC(CNCCNC1)CNCCNC2. The summed E-state index contributed by atoms with van der Waals surface area (Å²) in [6.45, 7) is 11.5. The maximum absolute atomic E-state index is 6.55. The van der Waals surface area contributed by atoms with Gasteiger partial charge in [-0.3, -0.25) is 0 Å². The third kappa shape index (κ3) is 7.01. The minimum atomic E-state index is -0.239. The highest BCUT2D eigenvalue weighted by molar-refractivity contribution is 4.91. The van der Waals surface area contributed by atoms with Crippen molar-refractivity contribution in [1.82, 2.24) is 31.9 Å². The third-order valence-electron chi connectivity index (χ3n) is 4.17.